The van der Waals surface area contributed by atoms with Crippen LogP contribution in [0.5, 0.6) is 0 Å². The van der Waals surface area contributed by atoms with Crippen LogP contribution in [0, 0.1) is 6.92 Å². The van der Waals surface area contributed by atoms with Crippen molar-refractivity contribution in [2.45, 2.75) is 51.6 Å². The Bertz CT molecular complexity index is 902. The lowest BCUT2D eigenvalue weighted by atomic mass is 10.2. The summed E-state index contributed by atoms with van der Waals surface area (Å²) >= 11 is 0. The van der Waals surface area contributed by atoms with E-state index in [2.05, 4.69) is 10.4 Å². The molecule has 1 aromatic heterocycles. The molecule has 0 spiro atoms. The Labute approximate surface area is 160 Å². The maximum atomic E-state index is 12.9. The van der Waals surface area contributed by atoms with Crippen molar-refractivity contribution >= 4 is 27.4 Å². The molecule has 2 aromatic rings. The van der Waals surface area contributed by atoms with E-state index in [9.17, 15) is 13.2 Å². The van der Waals surface area contributed by atoms with E-state index in [0.717, 1.165) is 41.8 Å². The molecule has 1 aliphatic rings. The summed E-state index contributed by atoms with van der Waals surface area (Å²) in [6.45, 7) is 3.49. The number of anilines is 2. The normalized spacial score (nSPS) is 16.3. The molecule has 0 saturated heterocycles. The van der Waals surface area contributed by atoms with Gasteiger partial charge in [0.25, 0.3) is 0 Å². The summed E-state index contributed by atoms with van der Waals surface area (Å²) in [6.07, 6.45) is 7.24. The Balaban J connectivity index is 1.86. The third-order valence-corrected chi connectivity index (χ3v) is 6.23. The molecule has 0 radical (unpaired) electrons. The minimum absolute atomic E-state index is 0.282. The third kappa shape index (κ3) is 4.16. The number of nitrogens with zero attached hydrogens (tertiary/aromatic N) is 3. The van der Waals surface area contributed by atoms with Gasteiger partial charge in [-0.25, -0.2) is 13.1 Å². The molecule has 1 aromatic carbocycles. The highest BCUT2D eigenvalue weighted by Crippen LogP contribution is 2.32. The zero-order chi connectivity index (χ0) is 19.6. The van der Waals surface area contributed by atoms with E-state index in [4.69, 9.17) is 0 Å². The minimum atomic E-state index is -3.63. The summed E-state index contributed by atoms with van der Waals surface area (Å²) in [5.41, 5.74) is 1.33. The second kappa shape index (κ2) is 7.72. The summed E-state index contributed by atoms with van der Waals surface area (Å²) in [5.74, 6) is 0.271. The van der Waals surface area contributed by atoms with Crippen LogP contribution < -0.4 is 9.62 Å². The number of aryl methyl sites for hydroxylation is 1. The van der Waals surface area contributed by atoms with Crippen molar-refractivity contribution in [3.05, 3.63) is 42.1 Å². The van der Waals surface area contributed by atoms with Gasteiger partial charge >= 0.3 is 0 Å². The summed E-state index contributed by atoms with van der Waals surface area (Å²) < 4.78 is 27.7. The highest BCUT2D eigenvalue weighted by atomic mass is 32.2. The fourth-order valence-electron chi connectivity index (χ4n) is 3.63. The number of sulfonamides is 1. The highest BCUT2D eigenvalue weighted by molar-refractivity contribution is 7.92. The minimum Gasteiger partial charge on any atom is -0.309 e. The first kappa shape index (κ1) is 19.4. The van der Waals surface area contributed by atoms with Crippen molar-refractivity contribution in [1.82, 2.24) is 9.78 Å². The predicted molar refractivity (Wildman–Crippen MR) is 106 cm³/mol. The number of carbonyl (C=O) groups is 1. The van der Waals surface area contributed by atoms with E-state index < -0.39 is 16.1 Å². The molecule has 8 heteroatoms. The number of benzene rings is 1. The molecule has 7 nitrogen and oxygen atoms in total. The topological polar surface area (TPSA) is 84.3 Å². The second-order valence-corrected chi connectivity index (χ2v) is 8.98. The van der Waals surface area contributed by atoms with Crippen molar-refractivity contribution in [3.8, 4) is 0 Å². The van der Waals surface area contributed by atoms with Crippen LogP contribution in [0.25, 0.3) is 0 Å². The van der Waals surface area contributed by atoms with Crippen molar-refractivity contribution in [2.24, 2.45) is 0 Å². The van der Waals surface area contributed by atoms with Gasteiger partial charge in [-0.3, -0.25) is 9.10 Å². The Morgan fingerprint density at radius 2 is 1.89 bits per heavy atom. The van der Waals surface area contributed by atoms with Gasteiger partial charge in [0.15, 0.2) is 0 Å². The van der Waals surface area contributed by atoms with Crippen LogP contribution in [0.3, 0.4) is 0 Å². The smallest absolute Gasteiger partial charge is 0.249 e. The van der Waals surface area contributed by atoms with Crippen molar-refractivity contribution in [1.29, 1.82) is 0 Å². The molecule has 0 aliphatic heterocycles. The van der Waals surface area contributed by atoms with Crippen molar-refractivity contribution in [2.75, 3.05) is 15.9 Å². The lowest BCUT2D eigenvalue weighted by Gasteiger charge is -2.28. The lowest BCUT2D eigenvalue weighted by molar-refractivity contribution is -0.116. The standard InChI is InChI=1S/C19H26N4O3S/c1-14-13-20-22(16-9-7-8-10-16)18(14)21-19(24)15(2)23(27(3,25)26)17-11-5-4-6-12-17/h4-6,11-13,15-16H,7-10H2,1-3H3,(H,21,24). The first-order valence-corrected chi connectivity index (χ1v) is 11.0. The molecule has 1 heterocycles. The van der Waals surface area contributed by atoms with Gasteiger partial charge in [-0.2, -0.15) is 5.10 Å². The van der Waals surface area contributed by atoms with E-state index in [1.807, 2.05) is 11.6 Å². The van der Waals surface area contributed by atoms with Crippen molar-refractivity contribution in [3.63, 3.8) is 0 Å². The van der Waals surface area contributed by atoms with E-state index in [-0.39, 0.29) is 11.9 Å². The fourth-order valence-corrected chi connectivity index (χ4v) is 4.81. The van der Waals surface area contributed by atoms with Crippen LogP contribution in [0.2, 0.25) is 0 Å². The third-order valence-electron chi connectivity index (χ3n) is 4.99. The number of hydrogen-bond donors (Lipinski definition) is 1. The summed E-state index contributed by atoms with van der Waals surface area (Å²) in [7, 11) is -3.63. The molecule has 1 amide bonds. The first-order chi connectivity index (χ1) is 12.8. The second-order valence-electron chi connectivity index (χ2n) is 7.12. The van der Waals surface area contributed by atoms with Gasteiger partial charge in [-0.1, -0.05) is 31.0 Å². The zero-order valence-electron chi connectivity index (χ0n) is 15.9. The molecule has 3 rings (SSSR count). The monoisotopic (exact) mass is 390 g/mol. The van der Waals surface area contributed by atoms with Crippen LogP contribution in [-0.2, 0) is 14.8 Å². The molecule has 1 fully saturated rings. The molecule has 1 saturated carbocycles. The number of carbonyl (C=O) groups excluding carboxylic acids is 1. The average molecular weight is 391 g/mol. The predicted octanol–water partition coefficient (Wildman–Crippen LogP) is 3.10. The number of para-hydroxylation sites is 1. The molecular formula is C19H26N4O3S. The van der Waals surface area contributed by atoms with Crippen LogP contribution in [0.4, 0.5) is 11.5 Å². The zero-order valence-corrected chi connectivity index (χ0v) is 16.7. The first-order valence-electron chi connectivity index (χ1n) is 9.18. The molecule has 1 unspecified atom stereocenters. The van der Waals surface area contributed by atoms with Crippen LogP contribution in [0.1, 0.15) is 44.2 Å². The summed E-state index contributed by atoms with van der Waals surface area (Å²) in [6, 6.07) is 8.04. The van der Waals surface area contributed by atoms with E-state index in [1.165, 1.54) is 0 Å². The van der Waals surface area contributed by atoms with Gasteiger partial charge in [0.2, 0.25) is 15.9 Å². The van der Waals surface area contributed by atoms with Gasteiger partial charge < -0.3 is 5.32 Å². The lowest BCUT2D eigenvalue weighted by Crippen LogP contribution is -2.45. The molecule has 0 bridgehead atoms. The average Bonchev–Trinajstić information content (AvgIpc) is 3.25. The molecule has 1 aliphatic carbocycles. The molecule has 146 valence electrons. The number of nitrogens with one attached hydrogen (secondary N) is 1. The number of aromatic nitrogens is 2. The van der Waals surface area contributed by atoms with E-state index in [0.29, 0.717) is 11.5 Å². The van der Waals surface area contributed by atoms with Crippen LogP contribution >= 0.6 is 0 Å². The Kier molecular flexibility index (Phi) is 5.55. The summed E-state index contributed by atoms with van der Waals surface area (Å²) in [4.78, 5) is 12.9. The van der Waals surface area contributed by atoms with Crippen LogP contribution in [0.15, 0.2) is 36.5 Å². The van der Waals surface area contributed by atoms with E-state index >= 15 is 0 Å². The van der Waals surface area contributed by atoms with Crippen LogP contribution in [-0.4, -0.2) is 36.4 Å². The van der Waals surface area contributed by atoms with Gasteiger partial charge in [0.05, 0.1) is 24.2 Å². The highest BCUT2D eigenvalue weighted by Gasteiger charge is 2.30. The Morgan fingerprint density at radius 1 is 1.26 bits per heavy atom. The van der Waals surface area contributed by atoms with E-state index in [1.54, 1.807) is 43.5 Å². The maximum absolute atomic E-state index is 12.9. The van der Waals surface area contributed by atoms with Gasteiger partial charge in [-0.15, -0.1) is 0 Å². The largest absolute Gasteiger partial charge is 0.309 e. The van der Waals surface area contributed by atoms with Crippen molar-refractivity contribution < 1.29 is 13.2 Å². The Morgan fingerprint density at radius 3 is 2.48 bits per heavy atom. The fraction of sp³-hybridized carbons (Fsp3) is 0.474. The SMILES string of the molecule is Cc1cnn(C2CCCC2)c1NC(=O)C(C)N(c1ccccc1)S(C)(=O)=O. The number of amides is 1. The van der Waals surface area contributed by atoms with Gasteiger partial charge in [0, 0.05) is 5.56 Å². The molecule has 1 N–H and O–H groups in total. The molecule has 1 atom stereocenters. The molecule has 27 heavy (non-hydrogen) atoms. The molecular weight excluding hydrogens is 364 g/mol. The van der Waals surface area contributed by atoms with Gasteiger partial charge in [0.1, 0.15) is 11.9 Å². The van der Waals surface area contributed by atoms with Gasteiger partial charge in [-0.05, 0) is 38.8 Å². The Hall–Kier alpha value is -2.35. The maximum Gasteiger partial charge on any atom is 0.249 e. The number of rotatable bonds is 6. The quantitative estimate of drug-likeness (QED) is 0.821. The summed E-state index contributed by atoms with van der Waals surface area (Å²) in [5, 5.41) is 7.35. The number of hydrogen-bond acceptors (Lipinski definition) is 4.